The molecule has 0 unspecified atom stereocenters. The Labute approximate surface area is 605 Å². The molecule has 0 saturated carbocycles. The number of alkyl halides is 3. The third-order valence-electron chi connectivity index (χ3n) is 16.1. The zero-order valence-corrected chi connectivity index (χ0v) is 60.9. The van der Waals surface area contributed by atoms with Crippen LogP contribution in [0, 0.1) is 28.6 Å². The highest BCUT2D eigenvalue weighted by Crippen LogP contribution is 2.29. The monoisotopic (exact) mass is 1490 g/mol. The Hall–Kier alpha value is -9.82. The molecule has 0 bridgehead atoms. The van der Waals surface area contributed by atoms with Crippen molar-refractivity contribution in [3.63, 3.8) is 0 Å². The Balaban J connectivity index is 2.53. The Morgan fingerprint density at radius 2 is 1.27 bits per heavy atom. The van der Waals surface area contributed by atoms with E-state index in [1.807, 2.05) is 10.6 Å². The van der Waals surface area contributed by atoms with Crippen LogP contribution in [0.3, 0.4) is 0 Å². The van der Waals surface area contributed by atoms with E-state index in [1.165, 1.54) is 71.9 Å². The summed E-state index contributed by atoms with van der Waals surface area (Å²) in [6.45, 7) is 17.4. The second-order valence-corrected chi connectivity index (χ2v) is 28.4. The molecule has 1 aliphatic rings. The van der Waals surface area contributed by atoms with Crippen LogP contribution in [0.1, 0.15) is 145 Å². The maximum Gasteiger partial charge on any atom is 0.433 e. The van der Waals surface area contributed by atoms with Gasteiger partial charge in [-0.25, -0.2) is 9.59 Å². The average molecular weight is 1490 g/mol. The number of carbonyl (C=O) groups is 13. The molecule has 1 aliphatic heterocycles. The molecule has 15 atom stereocenters. The fraction of sp³-hybridized carbons (Fsp3) is 0.627. The average Bonchev–Trinajstić information content (AvgIpc) is 0.789. The second-order valence-electron chi connectivity index (χ2n) is 28.4. The number of primary amides is 1. The van der Waals surface area contributed by atoms with Gasteiger partial charge in [-0.15, -0.1) is 0 Å². The molecule has 0 spiro atoms. The van der Waals surface area contributed by atoms with Crippen molar-refractivity contribution in [2.45, 2.75) is 225 Å². The van der Waals surface area contributed by atoms with Crippen molar-refractivity contribution >= 4 is 83.0 Å². The minimum Gasteiger partial charge on any atom is -0.453 e. The number of hydrogen-bond acceptors (Lipinski definition) is 21. The summed E-state index contributed by atoms with van der Waals surface area (Å²) >= 11 is 0. The van der Waals surface area contributed by atoms with Gasteiger partial charge in [0.1, 0.15) is 65.7 Å². The third-order valence-corrected chi connectivity index (χ3v) is 16.1. The fourth-order valence-electron chi connectivity index (χ4n) is 10.4. The summed E-state index contributed by atoms with van der Waals surface area (Å²) < 4.78 is 53.1. The van der Waals surface area contributed by atoms with E-state index < -0.39 is 228 Å². The summed E-state index contributed by atoms with van der Waals surface area (Å²) in [5, 5.41) is 80.5. The molecule has 1 saturated heterocycles. The first-order chi connectivity index (χ1) is 48.7. The number of aliphatic hydroxyl groups excluding tert-OH is 4. The molecule has 1 aromatic carbocycles. The summed E-state index contributed by atoms with van der Waals surface area (Å²) in [6, 6.07) is -11.9. The van der Waals surface area contributed by atoms with Gasteiger partial charge in [0, 0.05) is 19.2 Å². The molecule has 1 fully saturated rings. The van der Waals surface area contributed by atoms with E-state index in [0.29, 0.717) is 6.07 Å². The molecule has 38 heteroatoms. The normalized spacial score (nSPS) is 23.1. The van der Waals surface area contributed by atoms with Gasteiger partial charge >= 0.3 is 18.2 Å². The standard InChI is InChI=1S/C67H103F3N16O19/c1-14-33(6)44-58(98)84-45(34(7)88)57(97)76-29-43(89)82-47(50(91)52(71)92)60(100)80-41(30-87)62(102)104-51(36-19-16-15-17-20-36)48(61(101)85-46(49(90)32(4)5)59(99)79-38(25-31(2)3)54(94)77-37(53(93)83-44)21-18-24-74-63(72)73)86-55(95)39(26-35-22-23-42(75-28-35)67(68,69)70)78-56(96)40(27-65(8,9)10)81-64(103)105-66(11,12)13/h15-17,19-20,22-23,28,31-34,37-41,44-51,87-88,90-91H,14,18,21,24-27,29-30H2,1-13H3,(H2,71,92)(H,76,97)(H,77,94)(H,78,96)(H,79,99)(H,80,100)(H,81,103)(H,82,89)(H,83,93)(H,84,98)(H,85,101)(H,86,95)(H4,72,73,74)/t33-,34-,37+,38-,39-,40+,41-,44-,45-,46-,47-,48-,49+,50-,51+/m0/s1. The number of amides is 12. The van der Waals surface area contributed by atoms with Crippen LogP contribution in [0.25, 0.3) is 0 Å². The van der Waals surface area contributed by atoms with Crippen LogP contribution in [-0.2, 0) is 79.6 Å². The Morgan fingerprint density at radius 3 is 1.79 bits per heavy atom. The number of rotatable bonds is 23. The van der Waals surface area contributed by atoms with Gasteiger partial charge in [0.2, 0.25) is 65.0 Å². The Morgan fingerprint density at radius 1 is 0.695 bits per heavy atom. The number of pyridine rings is 1. The minimum absolute atomic E-state index is 0.00114. The van der Waals surface area contributed by atoms with E-state index in [9.17, 15) is 81.5 Å². The highest BCUT2D eigenvalue weighted by Gasteiger charge is 2.45. The number of esters is 1. The Kier molecular flexibility index (Phi) is 34.4. The molecule has 0 aliphatic carbocycles. The Bertz CT molecular complexity index is 3360. The van der Waals surface area contributed by atoms with Crippen molar-refractivity contribution in [2.75, 3.05) is 19.7 Å². The summed E-state index contributed by atoms with van der Waals surface area (Å²) in [5.74, 6) is -19.0. The summed E-state index contributed by atoms with van der Waals surface area (Å²) in [6.07, 6.45) is -15.3. The SMILES string of the molecule is CC[C@H](C)[C@@H]1NC(=O)[C@@H](CCCNC(=N)N)NC(=O)[C@H](CC(C)C)NC(=O)[C@H]([C@H](O)C(C)C)NC(=O)[C@@H](NC(=O)[C@H](Cc2ccc(C(F)(F)F)nc2)NC(=O)[C@@H](CC(C)(C)C)NC(=O)OC(C)(C)C)[C@@H](c2ccccc2)OC(=O)[C@H](CO)NC(=O)[C@H]([C@H](O)C(N)=O)NC(=O)CNC(=O)[C@H]([C@H](C)O)NC1=O. The maximum atomic E-state index is 15.7. The van der Waals surface area contributed by atoms with Gasteiger partial charge in [-0.2, -0.15) is 13.2 Å². The van der Waals surface area contributed by atoms with Gasteiger partial charge < -0.3 is 105 Å². The molecule has 21 N–H and O–H groups in total. The molecule has 0 radical (unpaired) electrons. The van der Waals surface area contributed by atoms with Crippen molar-refractivity contribution < 1.29 is 105 Å². The number of guanidine groups is 1. The zero-order chi connectivity index (χ0) is 79.8. The first-order valence-electron chi connectivity index (χ1n) is 34.0. The van der Waals surface area contributed by atoms with E-state index >= 15 is 14.4 Å². The highest BCUT2D eigenvalue weighted by atomic mass is 19.4. The van der Waals surface area contributed by atoms with Crippen LogP contribution < -0.4 is 75.3 Å². The van der Waals surface area contributed by atoms with Gasteiger partial charge in [-0.3, -0.25) is 63.1 Å². The molecular formula is C67H103F3N16O19. The van der Waals surface area contributed by atoms with E-state index in [2.05, 4.69) is 58.2 Å². The van der Waals surface area contributed by atoms with Crippen molar-refractivity contribution in [2.24, 2.45) is 34.6 Å². The van der Waals surface area contributed by atoms with Crippen molar-refractivity contribution in [1.82, 2.24) is 68.8 Å². The third kappa shape index (κ3) is 29.7. The molecule has 586 valence electrons. The molecule has 35 nitrogen and oxygen atoms in total. The smallest absolute Gasteiger partial charge is 0.433 e. The van der Waals surface area contributed by atoms with Crippen molar-refractivity contribution in [1.29, 1.82) is 5.41 Å². The number of hydrogen-bond donors (Lipinski definition) is 19. The second kappa shape index (κ2) is 40.5. The van der Waals surface area contributed by atoms with Gasteiger partial charge in [0.25, 0.3) is 0 Å². The van der Waals surface area contributed by atoms with Crippen LogP contribution in [0.5, 0.6) is 0 Å². The fourth-order valence-corrected chi connectivity index (χ4v) is 10.4. The molecule has 2 aromatic rings. The lowest BCUT2D eigenvalue weighted by Gasteiger charge is -2.34. The van der Waals surface area contributed by atoms with E-state index in [0.717, 1.165) is 19.2 Å². The molecule has 1 aromatic heterocycles. The summed E-state index contributed by atoms with van der Waals surface area (Å²) in [4.78, 5) is 190. The minimum atomic E-state index is -4.96. The van der Waals surface area contributed by atoms with Gasteiger partial charge in [0.05, 0.1) is 25.4 Å². The van der Waals surface area contributed by atoms with Gasteiger partial charge in [-0.1, -0.05) is 105 Å². The number of carbonyl (C=O) groups excluding carboxylic acids is 13. The van der Waals surface area contributed by atoms with Gasteiger partial charge in [0.15, 0.2) is 24.2 Å². The number of cyclic esters (lactones) is 1. The predicted molar refractivity (Wildman–Crippen MR) is 369 cm³/mol. The lowest BCUT2D eigenvalue weighted by atomic mass is 9.87. The summed E-state index contributed by atoms with van der Waals surface area (Å²) in [7, 11) is 0. The number of nitrogens with zero attached hydrogens (tertiary/aromatic N) is 1. The van der Waals surface area contributed by atoms with Crippen LogP contribution in [0.15, 0.2) is 48.7 Å². The van der Waals surface area contributed by atoms with E-state index in [4.69, 9.17) is 26.4 Å². The number of ether oxygens (including phenoxy) is 2. The zero-order valence-electron chi connectivity index (χ0n) is 60.9. The van der Waals surface area contributed by atoms with E-state index in [1.54, 1.807) is 41.5 Å². The summed E-state index contributed by atoms with van der Waals surface area (Å²) in [5.41, 5.74) is 7.19. The predicted octanol–water partition coefficient (Wildman–Crippen LogP) is -2.66. The number of halogens is 3. The number of alkyl carbamates (subject to hydrolysis) is 1. The van der Waals surface area contributed by atoms with Crippen LogP contribution >= 0.6 is 0 Å². The number of aliphatic hydroxyl groups is 4. The first-order valence-corrected chi connectivity index (χ1v) is 34.0. The van der Waals surface area contributed by atoms with Crippen LogP contribution in [-0.4, -0.2) is 212 Å². The van der Waals surface area contributed by atoms with Crippen LogP contribution in [0.2, 0.25) is 0 Å². The lowest BCUT2D eigenvalue weighted by Crippen LogP contribution is -2.64. The molecular weight excluding hydrogens is 1390 g/mol. The molecule has 2 heterocycles. The number of nitrogens with two attached hydrogens (primary N) is 2. The van der Waals surface area contributed by atoms with E-state index in [-0.39, 0.29) is 49.8 Å². The molecule has 12 amide bonds. The van der Waals surface area contributed by atoms with Crippen molar-refractivity contribution in [3.05, 3.63) is 65.5 Å². The largest absolute Gasteiger partial charge is 0.453 e. The topological polar surface area (TPSA) is 554 Å². The lowest BCUT2D eigenvalue weighted by molar-refractivity contribution is -0.159. The highest BCUT2D eigenvalue weighted by molar-refractivity contribution is 6.00. The van der Waals surface area contributed by atoms with Crippen LogP contribution in [0.4, 0.5) is 18.0 Å². The number of benzene rings is 1. The maximum absolute atomic E-state index is 15.7. The number of nitrogens with one attached hydrogen (secondary N) is 13. The first kappa shape index (κ1) is 89.4. The van der Waals surface area contributed by atoms with Gasteiger partial charge in [-0.05, 0) is 93.7 Å². The number of aromatic nitrogens is 1. The molecule has 105 heavy (non-hydrogen) atoms. The quantitative estimate of drug-likeness (QED) is 0.0234. The van der Waals surface area contributed by atoms with Crippen molar-refractivity contribution in [3.8, 4) is 0 Å². The molecule has 3 rings (SSSR count).